The third-order valence-electron chi connectivity index (χ3n) is 5.26. The maximum absolute atomic E-state index is 12.0. The summed E-state index contributed by atoms with van der Waals surface area (Å²) < 4.78 is 5.96. The second-order valence-electron chi connectivity index (χ2n) is 7.20. The van der Waals surface area contributed by atoms with E-state index in [1.165, 1.54) is 10.8 Å². The van der Waals surface area contributed by atoms with E-state index in [0.29, 0.717) is 12.4 Å². The number of aryl methyl sites for hydroxylation is 1. The molecule has 140 valence electrons. The fourth-order valence-electron chi connectivity index (χ4n) is 3.74. The highest BCUT2D eigenvalue weighted by atomic mass is 16.4. The minimum atomic E-state index is 0.0807. The molecule has 0 spiro atoms. The van der Waals surface area contributed by atoms with E-state index in [1.54, 1.807) is 0 Å². The van der Waals surface area contributed by atoms with Crippen molar-refractivity contribution in [1.82, 2.24) is 15.2 Å². The molecule has 3 aromatic rings. The Morgan fingerprint density at radius 3 is 2.89 bits per heavy atom. The number of likely N-dealkylation sites (tertiary alicyclic amines) is 1. The van der Waals surface area contributed by atoms with Crippen molar-refractivity contribution >= 4 is 16.7 Å². The van der Waals surface area contributed by atoms with Gasteiger partial charge in [-0.1, -0.05) is 30.3 Å². The number of aromatic nitrogens is 1. The van der Waals surface area contributed by atoms with Crippen molar-refractivity contribution in [2.45, 2.75) is 26.8 Å². The fraction of sp³-hybridized carbons (Fsp3) is 0.364. The predicted octanol–water partition coefficient (Wildman–Crippen LogP) is 3.76. The lowest BCUT2D eigenvalue weighted by atomic mass is 10.1. The summed E-state index contributed by atoms with van der Waals surface area (Å²) in [5.41, 5.74) is 1.94. The monoisotopic (exact) mass is 363 g/mol. The molecular formula is C22H25N3O2. The van der Waals surface area contributed by atoms with Crippen molar-refractivity contribution < 1.29 is 9.21 Å². The Bertz CT molecular complexity index is 963. The minimum absolute atomic E-state index is 0.0807. The number of nitrogens with zero attached hydrogens (tertiary/aromatic N) is 2. The zero-order valence-electron chi connectivity index (χ0n) is 15.9. The van der Waals surface area contributed by atoms with Crippen molar-refractivity contribution in [3.05, 3.63) is 53.9 Å². The second kappa shape index (κ2) is 7.53. The maximum atomic E-state index is 12.0. The van der Waals surface area contributed by atoms with Gasteiger partial charge in [0.1, 0.15) is 5.76 Å². The maximum Gasteiger partial charge on any atom is 0.226 e. The van der Waals surface area contributed by atoms with Gasteiger partial charge in [-0.15, -0.1) is 0 Å². The summed E-state index contributed by atoms with van der Waals surface area (Å²) in [5, 5.41) is 5.31. The lowest BCUT2D eigenvalue weighted by molar-refractivity contribution is -0.124. The Balaban J connectivity index is 1.49. The normalized spacial score (nSPS) is 17.5. The summed E-state index contributed by atoms with van der Waals surface area (Å²) in [4.78, 5) is 19.1. The van der Waals surface area contributed by atoms with Crippen LogP contribution < -0.4 is 5.32 Å². The summed E-state index contributed by atoms with van der Waals surface area (Å²) in [7, 11) is 0. The molecule has 1 fully saturated rings. The van der Waals surface area contributed by atoms with Gasteiger partial charge < -0.3 is 9.73 Å². The summed E-state index contributed by atoms with van der Waals surface area (Å²) in [6.45, 7) is 7.02. The van der Waals surface area contributed by atoms with E-state index in [4.69, 9.17) is 9.40 Å². The van der Waals surface area contributed by atoms with Crippen LogP contribution in [0.5, 0.6) is 0 Å². The number of carbonyl (C=O) groups is 1. The number of fused-ring (bicyclic) bond motifs is 1. The van der Waals surface area contributed by atoms with Crippen LogP contribution in [0.2, 0.25) is 0 Å². The average molecular weight is 363 g/mol. The molecule has 27 heavy (non-hydrogen) atoms. The SMILES string of the molecule is CCNC(=O)[C@@H]1CCN(Cc2nc(-c3ccc4ccccc4c3)oc2C)C1. The highest BCUT2D eigenvalue weighted by Gasteiger charge is 2.28. The smallest absolute Gasteiger partial charge is 0.226 e. The Hall–Kier alpha value is -2.66. The molecule has 5 nitrogen and oxygen atoms in total. The first-order valence-electron chi connectivity index (χ1n) is 9.59. The molecule has 0 aliphatic carbocycles. The predicted molar refractivity (Wildman–Crippen MR) is 106 cm³/mol. The van der Waals surface area contributed by atoms with Gasteiger partial charge >= 0.3 is 0 Å². The molecule has 0 unspecified atom stereocenters. The topological polar surface area (TPSA) is 58.4 Å². The minimum Gasteiger partial charge on any atom is -0.441 e. The molecule has 4 rings (SSSR count). The lowest BCUT2D eigenvalue weighted by Gasteiger charge is -2.14. The van der Waals surface area contributed by atoms with E-state index < -0.39 is 0 Å². The summed E-state index contributed by atoms with van der Waals surface area (Å²) in [6.07, 6.45) is 0.903. The first-order chi connectivity index (χ1) is 13.1. The Morgan fingerprint density at radius 1 is 1.26 bits per heavy atom. The summed E-state index contributed by atoms with van der Waals surface area (Å²) in [5.74, 6) is 1.75. The molecule has 5 heteroatoms. The highest BCUT2D eigenvalue weighted by molar-refractivity contribution is 5.86. The fourth-order valence-corrected chi connectivity index (χ4v) is 3.74. The molecular weight excluding hydrogens is 338 g/mol. The van der Waals surface area contributed by atoms with Crippen LogP contribution in [0.1, 0.15) is 24.8 Å². The van der Waals surface area contributed by atoms with Gasteiger partial charge in [-0.2, -0.15) is 0 Å². The van der Waals surface area contributed by atoms with E-state index in [9.17, 15) is 4.79 Å². The number of oxazole rings is 1. The van der Waals surface area contributed by atoms with Crippen molar-refractivity contribution in [2.75, 3.05) is 19.6 Å². The van der Waals surface area contributed by atoms with Crippen molar-refractivity contribution in [3.8, 4) is 11.5 Å². The molecule has 1 aromatic heterocycles. The Kier molecular flexibility index (Phi) is 4.94. The van der Waals surface area contributed by atoms with Crippen LogP contribution >= 0.6 is 0 Å². The standard InChI is InChI=1S/C22H25N3O2/c1-3-23-21(26)19-10-11-25(13-19)14-20-15(2)27-22(24-20)18-9-8-16-6-4-5-7-17(16)12-18/h4-9,12,19H,3,10-11,13-14H2,1-2H3,(H,23,26)/t19-/m1/s1. The Morgan fingerprint density at radius 2 is 2.07 bits per heavy atom. The van der Waals surface area contributed by atoms with E-state index >= 15 is 0 Å². The van der Waals surface area contributed by atoms with Gasteiger partial charge in [0.25, 0.3) is 0 Å². The summed E-state index contributed by atoms with van der Waals surface area (Å²) >= 11 is 0. The van der Waals surface area contributed by atoms with Crippen LogP contribution in [0.3, 0.4) is 0 Å². The molecule has 2 aromatic carbocycles. The van der Waals surface area contributed by atoms with Crippen molar-refractivity contribution in [1.29, 1.82) is 0 Å². The van der Waals surface area contributed by atoms with Crippen molar-refractivity contribution in [3.63, 3.8) is 0 Å². The number of benzene rings is 2. The van der Waals surface area contributed by atoms with E-state index in [2.05, 4.69) is 40.5 Å². The number of hydrogen-bond donors (Lipinski definition) is 1. The van der Waals surface area contributed by atoms with Crippen LogP contribution in [0.4, 0.5) is 0 Å². The average Bonchev–Trinajstić information content (AvgIpc) is 3.29. The van der Waals surface area contributed by atoms with Gasteiger partial charge in [0.15, 0.2) is 0 Å². The largest absolute Gasteiger partial charge is 0.441 e. The first-order valence-corrected chi connectivity index (χ1v) is 9.59. The molecule has 2 heterocycles. The van der Waals surface area contributed by atoms with E-state index in [0.717, 1.165) is 43.1 Å². The zero-order chi connectivity index (χ0) is 18.8. The van der Waals surface area contributed by atoms with Gasteiger partial charge in [-0.25, -0.2) is 4.98 Å². The molecule has 0 saturated carbocycles. The van der Waals surface area contributed by atoms with Gasteiger partial charge in [-0.3, -0.25) is 9.69 Å². The number of hydrogen-bond acceptors (Lipinski definition) is 4. The van der Waals surface area contributed by atoms with Gasteiger partial charge in [-0.05, 0) is 49.7 Å². The Labute approximate surface area is 159 Å². The highest BCUT2D eigenvalue weighted by Crippen LogP contribution is 2.27. The van der Waals surface area contributed by atoms with Gasteiger partial charge in [0, 0.05) is 25.2 Å². The lowest BCUT2D eigenvalue weighted by Crippen LogP contribution is -2.32. The third-order valence-corrected chi connectivity index (χ3v) is 5.26. The number of rotatable bonds is 5. The quantitative estimate of drug-likeness (QED) is 0.750. The van der Waals surface area contributed by atoms with Crippen molar-refractivity contribution in [2.24, 2.45) is 5.92 Å². The molecule has 1 amide bonds. The summed E-state index contributed by atoms with van der Waals surface area (Å²) in [6, 6.07) is 14.5. The van der Waals surface area contributed by atoms with Gasteiger partial charge in [0.05, 0.1) is 11.6 Å². The van der Waals surface area contributed by atoms with Crippen LogP contribution in [0, 0.1) is 12.8 Å². The van der Waals surface area contributed by atoms with Gasteiger partial charge in [0.2, 0.25) is 11.8 Å². The second-order valence-corrected chi connectivity index (χ2v) is 7.20. The number of nitrogens with one attached hydrogen (secondary N) is 1. The number of carbonyl (C=O) groups excluding carboxylic acids is 1. The van der Waals surface area contributed by atoms with Crippen LogP contribution in [-0.2, 0) is 11.3 Å². The van der Waals surface area contributed by atoms with Crippen LogP contribution in [-0.4, -0.2) is 35.4 Å². The third kappa shape index (κ3) is 3.74. The molecule has 1 aliphatic heterocycles. The molecule has 0 bridgehead atoms. The van der Waals surface area contributed by atoms with Crippen LogP contribution in [0.15, 0.2) is 46.9 Å². The molecule has 1 saturated heterocycles. The van der Waals surface area contributed by atoms with Crippen LogP contribution in [0.25, 0.3) is 22.2 Å². The molecule has 0 radical (unpaired) electrons. The van der Waals surface area contributed by atoms with E-state index in [1.807, 2.05) is 26.0 Å². The zero-order valence-corrected chi connectivity index (χ0v) is 15.9. The number of amides is 1. The molecule has 1 N–H and O–H groups in total. The van der Waals surface area contributed by atoms with E-state index in [-0.39, 0.29) is 11.8 Å². The molecule has 1 atom stereocenters. The molecule has 1 aliphatic rings. The first kappa shape index (κ1) is 17.7.